The first-order valence-corrected chi connectivity index (χ1v) is 4.92. The number of hydrogen-bond donors (Lipinski definition) is 1. The van der Waals surface area contributed by atoms with Gasteiger partial charge in [-0.15, -0.1) is 5.10 Å². The SMILES string of the molecule is Cc1cn(C2(C(N)=O)CCOCC2)nn1. The molecule has 15 heavy (non-hydrogen) atoms. The van der Waals surface area contributed by atoms with Crippen molar-refractivity contribution in [2.45, 2.75) is 25.3 Å². The van der Waals surface area contributed by atoms with Crippen LogP contribution in [0.25, 0.3) is 0 Å². The van der Waals surface area contributed by atoms with E-state index in [0.717, 1.165) is 5.69 Å². The number of carbonyl (C=O) groups excluding carboxylic acids is 1. The fourth-order valence-electron chi connectivity index (χ4n) is 1.85. The second kappa shape index (κ2) is 3.62. The summed E-state index contributed by atoms with van der Waals surface area (Å²) in [5.41, 5.74) is 5.49. The van der Waals surface area contributed by atoms with Crippen molar-refractivity contribution in [1.82, 2.24) is 15.0 Å². The summed E-state index contributed by atoms with van der Waals surface area (Å²) in [5, 5.41) is 7.83. The molecule has 0 spiro atoms. The number of carbonyl (C=O) groups is 1. The second-order valence-electron chi connectivity index (χ2n) is 3.81. The molecule has 0 aliphatic carbocycles. The molecule has 0 unspecified atom stereocenters. The number of primary amides is 1. The maximum atomic E-state index is 11.6. The largest absolute Gasteiger partial charge is 0.381 e. The summed E-state index contributed by atoms with van der Waals surface area (Å²) in [6.45, 7) is 2.89. The monoisotopic (exact) mass is 210 g/mol. The molecular weight excluding hydrogens is 196 g/mol. The van der Waals surface area contributed by atoms with Gasteiger partial charge in [0.25, 0.3) is 0 Å². The Kier molecular flexibility index (Phi) is 2.44. The molecule has 2 N–H and O–H groups in total. The Morgan fingerprint density at radius 3 is 2.73 bits per heavy atom. The number of aromatic nitrogens is 3. The molecule has 1 saturated heterocycles. The van der Waals surface area contributed by atoms with Crippen LogP contribution in [-0.4, -0.2) is 34.1 Å². The lowest BCUT2D eigenvalue weighted by molar-refractivity contribution is -0.132. The van der Waals surface area contributed by atoms with Crippen LogP contribution in [0.4, 0.5) is 0 Å². The van der Waals surface area contributed by atoms with Crippen molar-refractivity contribution in [1.29, 1.82) is 0 Å². The second-order valence-corrected chi connectivity index (χ2v) is 3.81. The Labute approximate surface area is 87.4 Å². The normalized spacial score (nSPS) is 20.1. The number of rotatable bonds is 2. The van der Waals surface area contributed by atoms with Crippen molar-refractivity contribution in [3.8, 4) is 0 Å². The summed E-state index contributed by atoms with van der Waals surface area (Å²) in [5.74, 6) is -0.365. The minimum Gasteiger partial charge on any atom is -0.381 e. The Balaban J connectivity index is 2.37. The minimum atomic E-state index is -0.750. The number of nitrogens with zero attached hydrogens (tertiary/aromatic N) is 3. The molecule has 0 aromatic carbocycles. The highest BCUT2D eigenvalue weighted by Crippen LogP contribution is 2.28. The zero-order chi connectivity index (χ0) is 10.9. The van der Waals surface area contributed by atoms with E-state index in [4.69, 9.17) is 10.5 Å². The van der Waals surface area contributed by atoms with Gasteiger partial charge in [0.1, 0.15) is 5.54 Å². The van der Waals surface area contributed by atoms with Gasteiger partial charge >= 0.3 is 0 Å². The average molecular weight is 210 g/mol. The fourth-order valence-corrected chi connectivity index (χ4v) is 1.85. The number of hydrogen-bond acceptors (Lipinski definition) is 4. The number of nitrogens with two attached hydrogens (primary N) is 1. The van der Waals surface area contributed by atoms with Crippen molar-refractivity contribution in [2.75, 3.05) is 13.2 Å². The van der Waals surface area contributed by atoms with E-state index in [9.17, 15) is 4.79 Å². The van der Waals surface area contributed by atoms with Crippen LogP contribution >= 0.6 is 0 Å². The van der Waals surface area contributed by atoms with Gasteiger partial charge in [0, 0.05) is 32.3 Å². The predicted molar refractivity (Wildman–Crippen MR) is 52.0 cm³/mol. The maximum Gasteiger partial charge on any atom is 0.245 e. The summed E-state index contributed by atoms with van der Waals surface area (Å²) in [6.07, 6.45) is 2.87. The van der Waals surface area contributed by atoms with Gasteiger partial charge < -0.3 is 10.5 Å². The van der Waals surface area contributed by atoms with Crippen LogP contribution in [0.15, 0.2) is 6.20 Å². The molecule has 2 heterocycles. The maximum absolute atomic E-state index is 11.6. The van der Waals surface area contributed by atoms with Crippen molar-refractivity contribution in [3.63, 3.8) is 0 Å². The summed E-state index contributed by atoms with van der Waals surface area (Å²) in [6, 6.07) is 0. The molecule has 1 aliphatic heterocycles. The van der Waals surface area contributed by atoms with Crippen LogP contribution in [0.2, 0.25) is 0 Å². The molecule has 6 nitrogen and oxygen atoms in total. The Morgan fingerprint density at radius 1 is 1.60 bits per heavy atom. The zero-order valence-corrected chi connectivity index (χ0v) is 8.64. The highest BCUT2D eigenvalue weighted by atomic mass is 16.5. The molecule has 82 valence electrons. The average Bonchev–Trinajstić information content (AvgIpc) is 2.66. The highest BCUT2D eigenvalue weighted by molar-refractivity contribution is 5.82. The molecule has 0 atom stereocenters. The minimum absolute atomic E-state index is 0.365. The summed E-state index contributed by atoms with van der Waals surface area (Å²) in [7, 11) is 0. The number of aryl methyl sites for hydroxylation is 1. The smallest absolute Gasteiger partial charge is 0.245 e. The molecule has 2 rings (SSSR count). The van der Waals surface area contributed by atoms with E-state index in [0.29, 0.717) is 26.1 Å². The van der Waals surface area contributed by atoms with E-state index in [1.807, 2.05) is 6.92 Å². The van der Waals surface area contributed by atoms with Gasteiger partial charge in [-0.3, -0.25) is 4.79 Å². The van der Waals surface area contributed by atoms with Gasteiger partial charge in [0.05, 0.1) is 5.69 Å². The van der Waals surface area contributed by atoms with Crippen molar-refractivity contribution >= 4 is 5.91 Å². The first-order chi connectivity index (χ1) is 7.15. The molecule has 0 radical (unpaired) electrons. The van der Waals surface area contributed by atoms with Crippen molar-refractivity contribution in [2.24, 2.45) is 5.73 Å². The number of amides is 1. The Hall–Kier alpha value is -1.43. The molecule has 1 amide bonds. The van der Waals surface area contributed by atoms with Crippen LogP contribution in [-0.2, 0) is 15.1 Å². The molecule has 1 fully saturated rings. The number of ether oxygens (including phenoxy) is 1. The van der Waals surface area contributed by atoms with E-state index in [1.54, 1.807) is 10.9 Å². The van der Waals surface area contributed by atoms with Crippen LogP contribution in [0.5, 0.6) is 0 Å². The highest BCUT2D eigenvalue weighted by Gasteiger charge is 2.41. The summed E-state index contributed by atoms with van der Waals surface area (Å²) in [4.78, 5) is 11.6. The summed E-state index contributed by atoms with van der Waals surface area (Å²) >= 11 is 0. The molecular formula is C9H14N4O2. The topological polar surface area (TPSA) is 83.0 Å². The third-order valence-corrected chi connectivity index (χ3v) is 2.83. The predicted octanol–water partition coefficient (Wildman–Crippen LogP) is -0.422. The molecule has 0 saturated carbocycles. The first kappa shape index (κ1) is 10.1. The van der Waals surface area contributed by atoms with Crippen molar-refractivity contribution < 1.29 is 9.53 Å². The van der Waals surface area contributed by atoms with Crippen LogP contribution < -0.4 is 5.73 Å². The van der Waals surface area contributed by atoms with E-state index in [-0.39, 0.29) is 5.91 Å². The lowest BCUT2D eigenvalue weighted by Gasteiger charge is -2.33. The quantitative estimate of drug-likeness (QED) is 0.718. The van der Waals surface area contributed by atoms with E-state index < -0.39 is 5.54 Å². The van der Waals surface area contributed by atoms with Crippen LogP contribution in [0, 0.1) is 6.92 Å². The van der Waals surface area contributed by atoms with Gasteiger partial charge in [-0.1, -0.05) is 5.21 Å². The standard InChI is InChI=1S/C9H14N4O2/c1-7-6-13(12-11-7)9(8(10)14)2-4-15-5-3-9/h6H,2-5H2,1H3,(H2,10,14). The molecule has 1 aromatic rings. The van der Waals surface area contributed by atoms with E-state index >= 15 is 0 Å². The summed E-state index contributed by atoms with van der Waals surface area (Å²) < 4.78 is 6.81. The van der Waals surface area contributed by atoms with Gasteiger partial charge in [0.2, 0.25) is 5.91 Å². The first-order valence-electron chi connectivity index (χ1n) is 4.92. The Morgan fingerprint density at radius 2 is 2.27 bits per heavy atom. The van der Waals surface area contributed by atoms with Crippen LogP contribution in [0.3, 0.4) is 0 Å². The van der Waals surface area contributed by atoms with Gasteiger partial charge in [-0.2, -0.15) is 0 Å². The lowest BCUT2D eigenvalue weighted by atomic mass is 9.89. The molecule has 6 heteroatoms. The molecule has 1 aliphatic rings. The Bertz CT molecular complexity index is 368. The fraction of sp³-hybridized carbons (Fsp3) is 0.667. The van der Waals surface area contributed by atoms with Gasteiger partial charge in [-0.25, -0.2) is 4.68 Å². The third kappa shape index (κ3) is 1.61. The zero-order valence-electron chi connectivity index (χ0n) is 8.64. The van der Waals surface area contributed by atoms with Gasteiger partial charge in [-0.05, 0) is 6.92 Å². The van der Waals surface area contributed by atoms with Gasteiger partial charge in [0.15, 0.2) is 0 Å². The lowest BCUT2D eigenvalue weighted by Crippen LogP contribution is -2.50. The molecule has 0 bridgehead atoms. The molecule has 1 aromatic heterocycles. The van der Waals surface area contributed by atoms with E-state index in [2.05, 4.69) is 10.3 Å². The van der Waals surface area contributed by atoms with E-state index in [1.165, 1.54) is 0 Å². The third-order valence-electron chi connectivity index (χ3n) is 2.83. The van der Waals surface area contributed by atoms with Crippen molar-refractivity contribution in [3.05, 3.63) is 11.9 Å². The van der Waals surface area contributed by atoms with Crippen LogP contribution in [0.1, 0.15) is 18.5 Å².